The Morgan fingerprint density at radius 1 is 1.38 bits per heavy atom. The molecule has 1 N–H and O–H groups in total. The van der Waals surface area contributed by atoms with E-state index in [9.17, 15) is 9.59 Å². The third-order valence-corrected chi connectivity index (χ3v) is 1.74. The lowest BCUT2D eigenvalue weighted by Gasteiger charge is -2.04. The number of nitrogens with one attached hydrogen (secondary N) is 1. The van der Waals surface area contributed by atoms with Crippen LogP contribution in [0.15, 0.2) is 18.7 Å². The van der Waals surface area contributed by atoms with Gasteiger partial charge in [0.2, 0.25) is 0 Å². The lowest BCUT2D eigenvalue weighted by molar-refractivity contribution is -0.142. The van der Waals surface area contributed by atoms with Crippen molar-refractivity contribution < 1.29 is 14.3 Å². The van der Waals surface area contributed by atoms with Gasteiger partial charge in [-0.15, -0.1) is 0 Å². The second-order valence-electron chi connectivity index (χ2n) is 2.94. The molecule has 0 saturated carbocycles. The van der Waals surface area contributed by atoms with Crippen LogP contribution in [0.2, 0.25) is 0 Å². The topological polar surface area (TPSA) is 81.2 Å². The van der Waals surface area contributed by atoms with E-state index >= 15 is 0 Å². The van der Waals surface area contributed by atoms with Crippen molar-refractivity contribution in [3.05, 3.63) is 24.3 Å². The molecule has 0 spiro atoms. The number of carbonyl (C=O) groups excluding carboxylic acids is 2. The van der Waals surface area contributed by atoms with Crippen LogP contribution in [0.4, 0.5) is 0 Å². The van der Waals surface area contributed by atoms with E-state index < -0.39 is 0 Å². The Balaban J connectivity index is 2.29. The zero-order valence-corrected chi connectivity index (χ0v) is 8.97. The molecule has 0 aliphatic rings. The largest absolute Gasteiger partial charge is 0.466 e. The fourth-order valence-electron chi connectivity index (χ4n) is 1.03. The number of ether oxygens (including phenoxy) is 1. The molecule has 6 heteroatoms. The molecule has 0 atom stereocenters. The maximum Gasteiger partial charge on any atom is 0.307 e. The molecule has 1 heterocycles. The van der Waals surface area contributed by atoms with Gasteiger partial charge in [0.05, 0.1) is 18.6 Å². The third kappa shape index (κ3) is 4.04. The minimum absolute atomic E-state index is 0.160. The van der Waals surface area contributed by atoms with E-state index in [4.69, 9.17) is 4.74 Å². The van der Waals surface area contributed by atoms with Gasteiger partial charge in [-0.05, 0) is 6.92 Å². The summed E-state index contributed by atoms with van der Waals surface area (Å²) in [6.45, 7) is 2.32. The number of carbonyl (C=O) groups is 2. The van der Waals surface area contributed by atoms with Crippen LogP contribution in [0.25, 0.3) is 0 Å². The van der Waals surface area contributed by atoms with Gasteiger partial charge in [-0.1, -0.05) is 0 Å². The van der Waals surface area contributed by atoms with Crippen LogP contribution in [0.1, 0.15) is 23.7 Å². The first-order chi connectivity index (χ1) is 7.74. The maximum absolute atomic E-state index is 11.4. The van der Waals surface area contributed by atoms with Crippen LogP contribution >= 0.6 is 0 Å². The van der Waals surface area contributed by atoms with Crippen LogP contribution in [0, 0.1) is 0 Å². The van der Waals surface area contributed by atoms with Crippen molar-refractivity contribution in [1.82, 2.24) is 15.3 Å². The first kappa shape index (κ1) is 12.1. The molecule has 0 unspecified atom stereocenters. The van der Waals surface area contributed by atoms with E-state index in [1.165, 1.54) is 18.7 Å². The molecule has 0 bridgehead atoms. The lowest BCUT2D eigenvalue weighted by atomic mass is 10.3. The summed E-state index contributed by atoms with van der Waals surface area (Å²) in [5.41, 5.74) is 0.367. The Labute approximate surface area is 93.0 Å². The average Bonchev–Trinajstić information content (AvgIpc) is 2.30. The van der Waals surface area contributed by atoms with Crippen LogP contribution in [-0.2, 0) is 9.53 Å². The van der Waals surface area contributed by atoms with Gasteiger partial charge in [0.25, 0.3) is 5.91 Å². The van der Waals surface area contributed by atoms with Crippen molar-refractivity contribution in [3.63, 3.8) is 0 Å². The van der Waals surface area contributed by atoms with Gasteiger partial charge >= 0.3 is 5.97 Å². The lowest BCUT2D eigenvalue weighted by Crippen LogP contribution is -2.26. The summed E-state index contributed by atoms with van der Waals surface area (Å²) in [5, 5.41) is 2.57. The summed E-state index contributed by atoms with van der Waals surface area (Å²) < 4.78 is 4.71. The Morgan fingerprint density at radius 3 is 2.69 bits per heavy atom. The highest BCUT2D eigenvalue weighted by molar-refractivity contribution is 5.93. The molecule has 0 fully saturated rings. The predicted octanol–water partition coefficient (Wildman–Crippen LogP) is 0.160. The molecule has 0 saturated heterocycles. The predicted molar refractivity (Wildman–Crippen MR) is 55.6 cm³/mol. The highest BCUT2D eigenvalue weighted by atomic mass is 16.5. The normalized spacial score (nSPS) is 9.56. The van der Waals surface area contributed by atoms with E-state index in [0.29, 0.717) is 12.2 Å². The van der Waals surface area contributed by atoms with Gasteiger partial charge < -0.3 is 10.1 Å². The molecule has 0 radical (unpaired) electrons. The van der Waals surface area contributed by atoms with Gasteiger partial charge in [-0.2, -0.15) is 0 Å². The second kappa shape index (κ2) is 6.49. The summed E-state index contributed by atoms with van der Waals surface area (Å²) in [6, 6.07) is 0. The van der Waals surface area contributed by atoms with Gasteiger partial charge in [0.15, 0.2) is 0 Å². The molecular weight excluding hydrogens is 210 g/mol. The smallest absolute Gasteiger partial charge is 0.307 e. The van der Waals surface area contributed by atoms with E-state index in [1.54, 1.807) is 6.92 Å². The number of rotatable bonds is 5. The summed E-state index contributed by atoms with van der Waals surface area (Å²) >= 11 is 0. The number of hydrogen-bond acceptors (Lipinski definition) is 5. The molecular formula is C10H13N3O3. The SMILES string of the molecule is CCOC(=O)CCNC(=O)c1cncnc1. The van der Waals surface area contributed by atoms with Gasteiger partial charge in [0, 0.05) is 18.9 Å². The van der Waals surface area contributed by atoms with E-state index in [2.05, 4.69) is 15.3 Å². The Kier molecular flexibility index (Phi) is 4.91. The molecule has 86 valence electrons. The zero-order valence-electron chi connectivity index (χ0n) is 8.97. The zero-order chi connectivity index (χ0) is 11.8. The quantitative estimate of drug-likeness (QED) is 0.719. The number of amides is 1. The van der Waals surface area contributed by atoms with E-state index in [0.717, 1.165) is 0 Å². The molecule has 1 aromatic rings. The first-order valence-electron chi connectivity index (χ1n) is 4.93. The number of aromatic nitrogens is 2. The standard InChI is InChI=1S/C10H13N3O3/c1-2-16-9(14)3-4-13-10(15)8-5-11-7-12-6-8/h5-7H,2-4H2,1H3,(H,13,15). The van der Waals surface area contributed by atoms with Crippen molar-refractivity contribution in [2.24, 2.45) is 0 Å². The maximum atomic E-state index is 11.4. The summed E-state index contributed by atoms with van der Waals surface area (Å²) in [7, 11) is 0. The summed E-state index contributed by atoms with van der Waals surface area (Å²) in [6.07, 6.45) is 4.32. The summed E-state index contributed by atoms with van der Waals surface area (Å²) in [5.74, 6) is -0.628. The minimum Gasteiger partial charge on any atom is -0.466 e. The van der Waals surface area contributed by atoms with Crippen molar-refractivity contribution in [1.29, 1.82) is 0 Å². The Hall–Kier alpha value is -1.98. The average molecular weight is 223 g/mol. The highest BCUT2D eigenvalue weighted by Gasteiger charge is 2.06. The van der Waals surface area contributed by atoms with Crippen molar-refractivity contribution >= 4 is 11.9 Å². The first-order valence-corrected chi connectivity index (χ1v) is 4.93. The molecule has 6 nitrogen and oxygen atoms in total. The van der Waals surface area contributed by atoms with Crippen LogP contribution in [0.3, 0.4) is 0 Å². The molecule has 1 amide bonds. The van der Waals surface area contributed by atoms with Crippen LogP contribution < -0.4 is 5.32 Å². The fourth-order valence-corrected chi connectivity index (χ4v) is 1.03. The number of nitrogens with zero attached hydrogens (tertiary/aromatic N) is 2. The second-order valence-corrected chi connectivity index (χ2v) is 2.94. The highest BCUT2D eigenvalue weighted by Crippen LogP contribution is 1.92. The molecule has 0 aliphatic carbocycles. The molecule has 16 heavy (non-hydrogen) atoms. The molecule has 1 aromatic heterocycles. The van der Waals surface area contributed by atoms with Crippen molar-refractivity contribution in [2.75, 3.05) is 13.2 Å². The number of esters is 1. The van der Waals surface area contributed by atoms with Crippen molar-refractivity contribution in [3.8, 4) is 0 Å². The van der Waals surface area contributed by atoms with Gasteiger partial charge in [-0.25, -0.2) is 9.97 Å². The minimum atomic E-state index is -0.327. The van der Waals surface area contributed by atoms with Crippen LogP contribution in [-0.4, -0.2) is 35.0 Å². The Morgan fingerprint density at radius 2 is 2.06 bits per heavy atom. The van der Waals surface area contributed by atoms with Crippen LogP contribution in [0.5, 0.6) is 0 Å². The monoisotopic (exact) mass is 223 g/mol. The molecule has 0 aliphatic heterocycles. The van der Waals surface area contributed by atoms with Crippen molar-refractivity contribution in [2.45, 2.75) is 13.3 Å². The number of hydrogen-bond donors (Lipinski definition) is 1. The van der Waals surface area contributed by atoms with Gasteiger partial charge in [0.1, 0.15) is 6.33 Å². The fraction of sp³-hybridized carbons (Fsp3) is 0.400. The van der Waals surface area contributed by atoms with Gasteiger partial charge in [-0.3, -0.25) is 9.59 Å². The Bertz CT molecular complexity index is 354. The molecule has 0 aromatic carbocycles. The van der Waals surface area contributed by atoms with E-state index in [-0.39, 0.29) is 24.8 Å². The third-order valence-electron chi connectivity index (χ3n) is 1.74. The molecule has 1 rings (SSSR count). The van der Waals surface area contributed by atoms with E-state index in [1.807, 2.05) is 0 Å². The summed E-state index contributed by atoms with van der Waals surface area (Å²) in [4.78, 5) is 29.8.